The summed E-state index contributed by atoms with van der Waals surface area (Å²) in [6, 6.07) is 0. The highest BCUT2D eigenvalue weighted by Gasteiger charge is 2.19. The first-order valence-electron chi connectivity index (χ1n) is 2.61. The van der Waals surface area contributed by atoms with Gasteiger partial charge in [-0.2, -0.15) is 5.26 Å². The summed E-state index contributed by atoms with van der Waals surface area (Å²) in [5.74, 6) is 0. The Morgan fingerprint density at radius 3 is 2.30 bits per heavy atom. The van der Waals surface area contributed by atoms with Crippen LogP contribution in [-0.4, -0.2) is 24.2 Å². The molecule has 1 rings (SSSR count). The number of hydrogen-bond acceptors (Lipinski definition) is 2. The lowest BCUT2D eigenvalue weighted by Gasteiger charge is -2.00. The van der Waals surface area contributed by atoms with Gasteiger partial charge in [0, 0.05) is 6.54 Å². The van der Waals surface area contributed by atoms with Gasteiger partial charge in [-0.05, 0) is 6.42 Å². The summed E-state index contributed by atoms with van der Waals surface area (Å²) in [5.41, 5.74) is 0. The van der Waals surface area contributed by atoms with Gasteiger partial charge in [-0.15, -0.1) is 24.8 Å². The minimum absolute atomic E-state index is 0. The normalized spacial score (nSPS) is 22.4. The Morgan fingerprint density at radius 1 is 1.50 bits per heavy atom. The lowest BCUT2D eigenvalue weighted by atomic mass is 10.4. The molecule has 10 heavy (non-hydrogen) atoms. The summed E-state index contributed by atoms with van der Waals surface area (Å²) in [4.78, 5) is 1.44. The molecule has 1 unspecified atom stereocenters. The van der Waals surface area contributed by atoms with E-state index in [4.69, 9.17) is 5.26 Å². The molecule has 5 heteroatoms. The topological polar surface area (TPSA) is 27.0 Å². The van der Waals surface area contributed by atoms with Gasteiger partial charge in [-0.25, -0.2) is 4.39 Å². The van der Waals surface area contributed by atoms with Crippen molar-refractivity contribution < 1.29 is 4.39 Å². The molecule has 60 valence electrons. The van der Waals surface area contributed by atoms with E-state index >= 15 is 0 Å². The van der Waals surface area contributed by atoms with Crippen LogP contribution in [0.15, 0.2) is 0 Å². The fourth-order valence-corrected chi connectivity index (χ4v) is 0.808. The first-order chi connectivity index (χ1) is 3.83. The Labute approximate surface area is 71.8 Å². The van der Waals surface area contributed by atoms with Gasteiger partial charge in [-0.1, -0.05) is 0 Å². The number of halogens is 3. The van der Waals surface area contributed by atoms with Crippen molar-refractivity contribution >= 4 is 24.8 Å². The van der Waals surface area contributed by atoms with Gasteiger partial charge in [0.05, 0.1) is 6.54 Å². The van der Waals surface area contributed by atoms with Crippen LogP contribution in [0.4, 0.5) is 4.39 Å². The zero-order valence-electron chi connectivity index (χ0n) is 5.29. The summed E-state index contributed by atoms with van der Waals surface area (Å²) < 4.78 is 12.2. The van der Waals surface area contributed by atoms with E-state index in [-0.39, 0.29) is 24.8 Å². The van der Waals surface area contributed by atoms with Crippen molar-refractivity contribution in [1.82, 2.24) is 4.90 Å². The maximum Gasteiger partial charge on any atom is 0.179 e. The molecule has 0 N–H and O–H groups in total. The Balaban J connectivity index is 0. The third-order valence-corrected chi connectivity index (χ3v) is 1.27. The van der Waals surface area contributed by atoms with Crippen LogP contribution in [0.2, 0.25) is 0 Å². The summed E-state index contributed by atoms with van der Waals surface area (Å²) in [7, 11) is 0. The molecule has 1 aliphatic rings. The highest BCUT2D eigenvalue weighted by atomic mass is 35.5. The Morgan fingerprint density at radius 2 is 2.10 bits per heavy atom. The van der Waals surface area contributed by atoms with Crippen LogP contribution in [0.5, 0.6) is 0 Å². The monoisotopic (exact) mass is 186 g/mol. The maximum atomic E-state index is 12.2. The molecule has 0 aromatic carbocycles. The minimum Gasteiger partial charge on any atom is -0.308 e. The van der Waals surface area contributed by atoms with Crippen LogP contribution >= 0.6 is 24.8 Å². The molecule has 0 bridgehead atoms. The van der Waals surface area contributed by atoms with Crippen LogP contribution in [0, 0.1) is 11.5 Å². The lowest BCUT2D eigenvalue weighted by molar-refractivity contribution is 0.337. The average molecular weight is 187 g/mol. The van der Waals surface area contributed by atoms with E-state index in [1.165, 1.54) is 4.90 Å². The second-order valence-corrected chi connectivity index (χ2v) is 1.93. The van der Waals surface area contributed by atoms with E-state index in [9.17, 15) is 4.39 Å². The van der Waals surface area contributed by atoms with Gasteiger partial charge in [0.25, 0.3) is 0 Å². The highest BCUT2D eigenvalue weighted by molar-refractivity contribution is 5.85. The smallest absolute Gasteiger partial charge is 0.179 e. The van der Waals surface area contributed by atoms with Crippen LogP contribution < -0.4 is 0 Å². The van der Waals surface area contributed by atoms with Crippen molar-refractivity contribution in [2.24, 2.45) is 0 Å². The van der Waals surface area contributed by atoms with Crippen molar-refractivity contribution in [1.29, 1.82) is 5.26 Å². The highest BCUT2D eigenvalue weighted by Crippen LogP contribution is 2.09. The number of nitrogens with zero attached hydrogens (tertiary/aromatic N) is 2. The van der Waals surface area contributed by atoms with E-state index in [2.05, 4.69) is 0 Å². The summed E-state index contributed by atoms with van der Waals surface area (Å²) >= 11 is 0. The first kappa shape index (κ1) is 12.5. The first-order valence-corrected chi connectivity index (χ1v) is 2.61. The summed E-state index contributed by atoms with van der Waals surface area (Å²) in [6.07, 6.45) is 1.64. The number of rotatable bonds is 0. The summed E-state index contributed by atoms with van der Waals surface area (Å²) in [5, 5.41) is 8.19. The molecule has 1 saturated heterocycles. The van der Waals surface area contributed by atoms with Crippen LogP contribution in [0.1, 0.15) is 6.42 Å². The largest absolute Gasteiger partial charge is 0.308 e. The number of hydrogen-bond donors (Lipinski definition) is 0. The van der Waals surface area contributed by atoms with Gasteiger partial charge in [0.2, 0.25) is 0 Å². The molecular formula is C5H9Cl2FN2. The molecule has 0 radical (unpaired) electrons. The van der Waals surface area contributed by atoms with E-state index < -0.39 is 6.17 Å². The van der Waals surface area contributed by atoms with Crippen molar-refractivity contribution in [3.05, 3.63) is 0 Å². The number of alkyl halides is 1. The molecule has 1 fully saturated rings. The summed E-state index contributed by atoms with van der Waals surface area (Å²) in [6.45, 7) is 0.897. The zero-order valence-corrected chi connectivity index (χ0v) is 6.92. The predicted molar refractivity (Wildman–Crippen MR) is 41.2 cm³/mol. The Hall–Kier alpha value is -0.200. The van der Waals surface area contributed by atoms with E-state index in [0.717, 1.165) is 0 Å². The van der Waals surface area contributed by atoms with Gasteiger partial charge in [-0.3, -0.25) is 0 Å². The van der Waals surface area contributed by atoms with Crippen molar-refractivity contribution in [3.63, 3.8) is 0 Å². The third-order valence-electron chi connectivity index (χ3n) is 1.27. The fraction of sp³-hybridized carbons (Fsp3) is 0.800. The van der Waals surface area contributed by atoms with Gasteiger partial charge >= 0.3 is 0 Å². The molecule has 0 saturated carbocycles. The van der Waals surface area contributed by atoms with E-state index in [0.29, 0.717) is 19.5 Å². The number of likely N-dealkylation sites (tertiary alicyclic amines) is 1. The quantitative estimate of drug-likeness (QED) is 0.535. The van der Waals surface area contributed by atoms with Crippen LogP contribution in [0.25, 0.3) is 0 Å². The predicted octanol–water partition coefficient (Wildman–Crippen LogP) is 1.35. The second-order valence-electron chi connectivity index (χ2n) is 1.93. The van der Waals surface area contributed by atoms with Gasteiger partial charge < -0.3 is 4.90 Å². The van der Waals surface area contributed by atoms with Gasteiger partial charge in [0.15, 0.2) is 6.19 Å². The lowest BCUT2D eigenvalue weighted by Crippen LogP contribution is -2.13. The van der Waals surface area contributed by atoms with Crippen LogP contribution in [0.3, 0.4) is 0 Å². The molecule has 0 spiro atoms. The fourth-order valence-electron chi connectivity index (χ4n) is 0.808. The minimum atomic E-state index is -0.769. The van der Waals surface area contributed by atoms with Crippen molar-refractivity contribution in [2.45, 2.75) is 12.6 Å². The van der Waals surface area contributed by atoms with Crippen molar-refractivity contribution in [3.8, 4) is 6.19 Å². The van der Waals surface area contributed by atoms with Gasteiger partial charge in [0.1, 0.15) is 6.17 Å². The van der Waals surface area contributed by atoms with Crippen molar-refractivity contribution in [2.75, 3.05) is 13.1 Å². The Bertz CT molecular complexity index is 125. The zero-order chi connectivity index (χ0) is 5.98. The molecule has 1 aliphatic heterocycles. The molecule has 0 aromatic heterocycles. The average Bonchev–Trinajstić information content (AvgIpc) is 2.14. The molecular weight excluding hydrogens is 178 g/mol. The molecule has 0 aliphatic carbocycles. The SMILES string of the molecule is Cl.Cl.N#CN1CCC(F)C1. The molecule has 1 atom stereocenters. The second kappa shape index (κ2) is 5.57. The molecule has 2 nitrogen and oxygen atoms in total. The molecule has 0 amide bonds. The molecule has 1 heterocycles. The van der Waals surface area contributed by atoms with E-state index in [1.54, 1.807) is 0 Å². The van der Waals surface area contributed by atoms with E-state index in [1.807, 2.05) is 6.19 Å². The van der Waals surface area contributed by atoms with Crippen LogP contribution in [-0.2, 0) is 0 Å². The number of nitriles is 1. The maximum absolute atomic E-state index is 12.2. The molecule has 0 aromatic rings. The Kier molecular flexibility index (Phi) is 6.95. The third kappa shape index (κ3) is 3.09. The standard InChI is InChI=1S/C5H7FN2.2ClH/c6-5-1-2-8(3-5)4-7;;/h5H,1-3H2;2*1H.